The van der Waals surface area contributed by atoms with Gasteiger partial charge in [0.25, 0.3) is 0 Å². The van der Waals surface area contributed by atoms with Crippen LogP contribution in [-0.2, 0) is 0 Å². The maximum atomic E-state index is 10.2. The summed E-state index contributed by atoms with van der Waals surface area (Å²) in [5.74, 6) is 0.850. The zero-order chi connectivity index (χ0) is 19.2. The summed E-state index contributed by atoms with van der Waals surface area (Å²) < 4.78 is 7.42. The number of para-hydroxylation sites is 1. The van der Waals surface area contributed by atoms with Gasteiger partial charge in [-0.1, -0.05) is 30.3 Å². The van der Waals surface area contributed by atoms with Gasteiger partial charge in [-0.3, -0.25) is 0 Å². The van der Waals surface area contributed by atoms with Crippen LogP contribution in [0.4, 0.5) is 0 Å². The van der Waals surface area contributed by atoms with Crippen LogP contribution in [0.5, 0.6) is 5.75 Å². The molecule has 0 aliphatic heterocycles. The highest BCUT2D eigenvalue weighted by molar-refractivity contribution is 5.39. The average Bonchev–Trinajstić information content (AvgIpc) is 3.20. The van der Waals surface area contributed by atoms with Gasteiger partial charge >= 0.3 is 0 Å². The van der Waals surface area contributed by atoms with Gasteiger partial charge < -0.3 is 15.2 Å². The van der Waals surface area contributed by atoms with E-state index in [-0.39, 0.29) is 12.6 Å². The van der Waals surface area contributed by atoms with E-state index in [1.54, 1.807) is 11.0 Å². The Labute approximate surface area is 159 Å². The van der Waals surface area contributed by atoms with Crippen LogP contribution in [-0.4, -0.2) is 44.6 Å². The Morgan fingerprint density at radius 2 is 1.81 bits per heavy atom. The van der Waals surface area contributed by atoms with Crippen molar-refractivity contribution in [2.45, 2.75) is 32.9 Å². The van der Waals surface area contributed by atoms with Gasteiger partial charge in [-0.2, -0.15) is 0 Å². The van der Waals surface area contributed by atoms with E-state index in [4.69, 9.17) is 4.74 Å². The fourth-order valence-electron chi connectivity index (χ4n) is 2.89. The normalized spacial score (nSPS) is 13.3. The van der Waals surface area contributed by atoms with Crippen molar-refractivity contribution in [1.29, 1.82) is 0 Å². The van der Waals surface area contributed by atoms with Crippen LogP contribution in [0.2, 0.25) is 0 Å². The van der Waals surface area contributed by atoms with Gasteiger partial charge in [0, 0.05) is 12.6 Å². The molecule has 0 radical (unpaired) electrons. The summed E-state index contributed by atoms with van der Waals surface area (Å²) >= 11 is 0. The third kappa shape index (κ3) is 4.90. The second-order valence-electron chi connectivity index (χ2n) is 6.66. The number of aliphatic hydroxyl groups is 1. The Bertz CT molecular complexity index is 829. The van der Waals surface area contributed by atoms with E-state index < -0.39 is 6.10 Å². The summed E-state index contributed by atoms with van der Waals surface area (Å²) in [5, 5.41) is 24.7. The van der Waals surface area contributed by atoms with Crippen molar-refractivity contribution >= 4 is 0 Å². The summed E-state index contributed by atoms with van der Waals surface area (Å²) in [6.07, 6.45) is 0.968. The number of rotatable bonds is 8. The summed E-state index contributed by atoms with van der Waals surface area (Å²) in [5.41, 5.74) is 4.17. The largest absolute Gasteiger partial charge is 0.490 e. The minimum Gasteiger partial charge on any atom is -0.490 e. The minimum absolute atomic E-state index is 0.0998. The van der Waals surface area contributed by atoms with E-state index in [9.17, 15) is 5.11 Å². The number of aliphatic hydroxyl groups excluding tert-OH is 1. The number of aryl methyl sites for hydroxylation is 2. The number of hydrogen-bond donors (Lipinski definition) is 2. The highest BCUT2D eigenvalue weighted by atomic mass is 16.5. The van der Waals surface area contributed by atoms with Gasteiger partial charge in [-0.05, 0) is 60.0 Å². The molecule has 0 bridgehead atoms. The highest BCUT2D eigenvalue weighted by Crippen LogP contribution is 2.22. The third-order valence-electron chi connectivity index (χ3n) is 4.50. The van der Waals surface area contributed by atoms with Crippen molar-refractivity contribution in [2.24, 2.45) is 0 Å². The smallest absolute Gasteiger partial charge is 0.143 e. The molecule has 1 heterocycles. The molecule has 2 N–H and O–H groups in total. The molecule has 2 aromatic carbocycles. The molecule has 1 aromatic heterocycles. The van der Waals surface area contributed by atoms with Crippen molar-refractivity contribution in [2.75, 3.05) is 13.2 Å². The van der Waals surface area contributed by atoms with E-state index in [0.29, 0.717) is 6.54 Å². The molecule has 2 atom stereocenters. The van der Waals surface area contributed by atoms with Crippen LogP contribution in [0.3, 0.4) is 0 Å². The van der Waals surface area contributed by atoms with Crippen molar-refractivity contribution < 1.29 is 9.84 Å². The molecule has 0 aliphatic carbocycles. The number of aromatic nitrogens is 4. The number of benzene rings is 2. The molecule has 0 amide bonds. The first-order valence-corrected chi connectivity index (χ1v) is 8.98. The van der Waals surface area contributed by atoms with Crippen molar-refractivity contribution in [3.05, 3.63) is 65.5 Å². The Balaban J connectivity index is 1.49. The van der Waals surface area contributed by atoms with E-state index in [1.165, 1.54) is 0 Å². The molecule has 3 aromatic rings. The number of hydrogen-bond acceptors (Lipinski definition) is 6. The summed E-state index contributed by atoms with van der Waals surface area (Å²) in [6.45, 7) is 6.78. The monoisotopic (exact) mass is 367 g/mol. The average molecular weight is 367 g/mol. The molecular weight excluding hydrogens is 342 g/mol. The molecule has 0 spiro atoms. The van der Waals surface area contributed by atoms with Gasteiger partial charge in [-0.15, -0.1) is 5.10 Å². The maximum Gasteiger partial charge on any atom is 0.143 e. The zero-order valence-corrected chi connectivity index (χ0v) is 15.8. The molecule has 27 heavy (non-hydrogen) atoms. The van der Waals surface area contributed by atoms with Gasteiger partial charge in [0.15, 0.2) is 0 Å². The number of nitrogens with zero attached hydrogens (tertiary/aromatic N) is 4. The maximum absolute atomic E-state index is 10.2. The summed E-state index contributed by atoms with van der Waals surface area (Å²) in [6, 6.07) is 14.1. The second-order valence-corrected chi connectivity index (χ2v) is 6.66. The van der Waals surface area contributed by atoms with Crippen LogP contribution in [0.25, 0.3) is 5.69 Å². The molecule has 7 nitrogen and oxygen atoms in total. The topological polar surface area (TPSA) is 85.1 Å². The Morgan fingerprint density at radius 1 is 1.11 bits per heavy atom. The van der Waals surface area contributed by atoms with Gasteiger partial charge in [0.05, 0.1) is 5.69 Å². The lowest BCUT2D eigenvalue weighted by Crippen LogP contribution is -2.33. The number of ether oxygens (including phenoxy) is 1. The summed E-state index contributed by atoms with van der Waals surface area (Å²) in [7, 11) is 0. The Morgan fingerprint density at radius 3 is 2.44 bits per heavy atom. The van der Waals surface area contributed by atoms with Crippen molar-refractivity contribution in [1.82, 2.24) is 25.5 Å². The molecule has 3 rings (SSSR count). The van der Waals surface area contributed by atoms with E-state index in [1.807, 2.05) is 56.3 Å². The molecule has 142 valence electrons. The molecule has 0 fully saturated rings. The second kappa shape index (κ2) is 8.75. The molecule has 2 unspecified atom stereocenters. The van der Waals surface area contributed by atoms with Crippen molar-refractivity contribution in [3.63, 3.8) is 0 Å². The predicted octanol–water partition coefficient (Wildman–Crippen LogP) is 2.37. The third-order valence-corrected chi connectivity index (χ3v) is 4.50. The molecule has 0 saturated carbocycles. The first-order chi connectivity index (χ1) is 13.0. The standard InChI is InChI=1S/C20H25N5O2/c1-14-5-4-6-15(2)20(14)27-12-19(26)11-21-16(3)17-7-9-18(10-8-17)25-13-22-23-24-25/h4-10,13,16,19,21,26H,11-12H2,1-3H3. The molecule has 0 saturated heterocycles. The van der Waals surface area contributed by atoms with Crippen LogP contribution in [0.15, 0.2) is 48.8 Å². The molecular formula is C20H25N5O2. The lowest BCUT2D eigenvalue weighted by atomic mass is 10.1. The fraction of sp³-hybridized carbons (Fsp3) is 0.350. The first kappa shape index (κ1) is 19.0. The first-order valence-electron chi connectivity index (χ1n) is 8.98. The number of nitrogens with one attached hydrogen (secondary N) is 1. The van der Waals surface area contributed by atoms with Crippen LogP contribution in [0, 0.1) is 13.8 Å². The quantitative estimate of drug-likeness (QED) is 0.636. The highest BCUT2D eigenvalue weighted by Gasteiger charge is 2.11. The molecule has 0 aliphatic rings. The fourth-order valence-corrected chi connectivity index (χ4v) is 2.89. The molecule has 7 heteroatoms. The predicted molar refractivity (Wildman–Crippen MR) is 103 cm³/mol. The minimum atomic E-state index is -0.591. The Kier molecular flexibility index (Phi) is 6.16. The lowest BCUT2D eigenvalue weighted by Gasteiger charge is -2.19. The van der Waals surface area contributed by atoms with Crippen LogP contribution >= 0.6 is 0 Å². The van der Waals surface area contributed by atoms with Crippen molar-refractivity contribution in [3.8, 4) is 11.4 Å². The van der Waals surface area contributed by atoms with Crippen LogP contribution in [0.1, 0.15) is 29.7 Å². The zero-order valence-electron chi connectivity index (χ0n) is 15.8. The van der Waals surface area contributed by atoms with Gasteiger partial charge in [0.1, 0.15) is 24.8 Å². The van der Waals surface area contributed by atoms with Gasteiger partial charge in [-0.25, -0.2) is 4.68 Å². The Hall–Kier alpha value is -2.77. The summed E-state index contributed by atoms with van der Waals surface area (Å²) in [4.78, 5) is 0. The van der Waals surface area contributed by atoms with Crippen LogP contribution < -0.4 is 10.1 Å². The van der Waals surface area contributed by atoms with E-state index >= 15 is 0 Å². The van der Waals surface area contributed by atoms with E-state index in [0.717, 1.165) is 28.1 Å². The lowest BCUT2D eigenvalue weighted by molar-refractivity contribution is 0.103. The van der Waals surface area contributed by atoms with E-state index in [2.05, 4.69) is 27.8 Å². The number of tetrazole rings is 1. The van der Waals surface area contributed by atoms with Gasteiger partial charge in [0.2, 0.25) is 0 Å². The SMILES string of the molecule is Cc1cccc(C)c1OCC(O)CNC(C)c1ccc(-n2cnnn2)cc1.